The standard InChI is InChI=1S/C23H19FN2O2S/c1-16-25-21(22(29-16)18-6-3-2-4-7-18)23(27)26(15-20-8-5-13-28-20)14-17-9-11-19(24)12-10-17/h2-13H,14-15H2,1H3. The number of benzene rings is 2. The first kappa shape index (κ1) is 19.1. The van der Waals surface area contributed by atoms with E-state index in [0.717, 1.165) is 21.0 Å². The van der Waals surface area contributed by atoms with Crippen LogP contribution in [0.1, 0.15) is 26.8 Å². The minimum Gasteiger partial charge on any atom is -0.467 e. The van der Waals surface area contributed by atoms with Crippen LogP contribution in [0.25, 0.3) is 10.4 Å². The maximum atomic E-state index is 13.5. The molecule has 1 amide bonds. The van der Waals surface area contributed by atoms with Gasteiger partial charge in [-0.05, 0) is 42.3 Å². The van der Waals surface area contributed by atoms with Gasteiger partial charge in [-0.2, -0.15) is 0 Å². The number of aromatic nitrogens is 1. The largest absolute Gasteiger partial charge is 0.467 e. The molecule has 0 bridgehead atoms. The van der Waals surface area contributed by atoms with Crippen LogP contribution in [-0.2, 0) is 13.1 Å². The number of thiazole rings is 1. The molecule has 0 aliphatic heterocycles. The Morgan fingerprint density at radius 3 is 2.48 bits per heavy atom. The number of amides is 1. The van der Waals surface area contributed by atoms with Gasteiger partial charge in [-0.3, -0.25) is 4.79 Å². The third kappa shape index (κ3) is 4.43. The van der Waals surface area contributed by atoms with Crippen LogP contribution in [0.3, 0.4) is 0 Å². The van der Waals surface area contributed by atoms with Crippen molar-refractivity contribution in [1.82, 2.24) is 9.88 Å². The van der Waals surface area contributed by atoms with Crippen molar-refractivity contribution in [2.24, 2.45) is 0 Å². The second-order valence-electron chi connectivity index (χ2n) is 6.64. The average molecular weight is 406 g/mol. The minimum atomic E-state index is -0.306. The maximum absolute atomic E-state index is 13.5. The van der Waals surface area contributed by atoms with Crippen molar-refractivity contribution in [2.75, 3.05) is 0 Å². The summed E-state index contributed by atoms with van der Waals surface area (Å²) in [5.74, 6) is 0.182. The van der Waals surface area contributed by atoms with E-state index >= 15 is 0 Å². The number of carbonyl (C=O) groups excluding carboxylic acids is 1. The van der Waals surface area contributed by atoms with E-state index in [9.17, 15) is 9.18 Å². The molecule has 0 aliphatic rings. The zero-order valence-electron chi connectivity index (χ0n) is 15.8. The summed E-state index contributed by atoms with van der Waals surface area (Å²) < 4.78 is 18.7. The summed E-state index contributed by atoms with van der Waals surface area (Å²) in [5, 5.41) is 0.826. The van der Waals surface area contributed by atoms with E-state index in [0.29, 0.717) is 24.5 Å². The van der Waals surface area contributed by atoms with Crippen LogP contribution in [0.4, 0.5) is 4.39 Å². The number of rotatable bonds is 6. The molecule has 0 radical (unpaired) electrons. The number of nitrogens with zero attached hydrogens (tertiary/aromatic N) is 2. The summed E-state index contributed by atoms with van der Waals surface area (Å²) in [6.45, 7) is 2.52. The number of aryl methyl sites for hydroxylation is 1. The Bertz CT molecular complexity index is 1090. The fourth-order valence-corrected chi connectivity index (χ4v) is 4.02. The Morgan fingerprint density at radius 1 is 1.03 bits per heavy atom. The molecule has 4 nitrogen and oxygen atoms in total. The second kappa shape index (κ2) is 8.41. The van der Waals surface area contributed by atoms with E-state index in [1.807, 2.05) is 43.3 Å². The van der Waals surface area contributed by atoms with Crippen LogP contribution in [-0.4, -0.2) is 15.8 Å². The van der Waals surface area contributed by atoms with Gasteiger partial charge in [-0.15, -0.1) is 11.3 Å². The molecular formula is C23H19FN2O2S. The zero-order chi connectivity index (χ0) is 20.2. The third-order valence-electron chi connectivity index (χ3n) is 4.47. The van der Waals surface area contributed by atoms with Crippen molar-refractivity contribution < 1.29 is 13.6 Å². The molecule has 0 fully saturated rings. The van der Waals surface area contributed by atoms with Gasteiger partial charge in [0.1, 0.15) is 17.3 Å². The molecule has 6 heteroatoms. The number of carbonyl (C=O) groups is 1. The van der Waals surface area contributed by atoms with Gasteiger partial charge < -0.3 is 9.32 Å². The highest BCUT2D eigenvalue weighted by atomic mass is 32.1. The number of furan rings is 1. The van der Waals surface area contributed by atoms with E-state index in [2.05, 4.69) is 4.98 Å². The Hall–Kier alpha value is -3.25. The quantitative estimate of drug-likeness (QED) is 0.413. The number of hydrogen-bond acceptors (Lipinski definition) is 4. The maximum Gasteiger partial charge on any atom is 0.274 e. The Labute approximate surface area is 172 Å². The molecule has 0 unspecified atom stereocenters. The van der Waals surface area contributed by atoms with E-state index < -0.39 is 0 Å². The lowest BCUT2D eigenvalue weighted by Gasteiger charge is -2.21. The van der Waals surface area contributed by atoms with Crippen molar-refractivity contribution in [3.05, 3.63) is 101 Å². The van der Waals surface area contributed by atoms with Crippen molar-refractivity contribution in [3.8, 4) is 10.4 Å². The molecule has 4 rings (SSSR count). The fourth-order valence-electron chi connectivity index (χ4n) is 3.11. The third-order valence-corrected chi connectivity index (χ3v) is 5.49. The molecular weight excluding hydrogens is 387 g/mol. The van der Waals surface area contributed by atoms with Crippen LogP contribution in [0.2, 0.25) is 0 Å². The van der Waals surface area contributed by atoms with Crippen LogP contribution in [0.15, 0.2) is 77.4 Å². The molecule has 0 saturated carbocycles. The molecule has 2 heterocycles. The topological polar surface area (TPSA) is 46.3 Å². The fraction of sp³-hybridized carbons (Fsp3) is 0.130. The highest BCUT2D eigenvalue weighted by Gasteiger charge is 2.24. The van der Waals surface area contributed by atoms with Gasteiger partial charge in [0, 0.05) is 6.54 Å². The van der Waals surface area contributed by atoms with Gasteiger partial charge in [0.2, 0.25) is 0 Å². The second-order valence-corrected chi connectivity index (χ2v) is 7.85. The van der Waals surface area contributed by atoms with Crippen molar-refractivity contribution in [2.45, 2.75) is 20.0 Å². The first-order valence-electron chi connectivity index (χ1n) is 9.19. The molecule has 2 aromatic heterocycles. The monoisotopic (exact) mass is 406 g/mol. The Balaban J connectivity index is 1.69. The SMILES string of the molecule is Cc1nc(C(=O)N(Cc2ccc(F)cc2)Cc2ccco2)c(-c2ccccc2)s1. The molecule has 146 valence electrons. The van der Waals surface area contributed by atoms with Crippen molar-refractivity contribution >= 4 is 17.2 Å². The lowest BCUT2D eigenvalue weighted by atomic mass is 10.1. The molecule has 0 N–H and O–H groups in total. The smallest absolute Gasteiger partial charge is 0.274 e. The first-order chi connectivity index (χ1) is 14.1. The lowest BCUT2D eigenvalue weighted by molar-refractivity contribution is 0.0713. The van der Waals surface area contributed by atoms with Gasteiger partial charge in [0.15, 0.2) is 0 Å². The van der Waals surface area contributed by atoms with Crippen molar-refractivity contribution in [3.63, 3.8) is 0 Å². The summed E-state index contributed by atoms with van der Waals surface area (Å²) in [6.07, 6.45) is 1.58. The van der Waals surface area contributed by atoms with E-state index in [4.69, 9.17) is 4.42 Å². The summed E-state index contributed by atoms with van der Waals surface area (Å²) in [5.41, 5.74) is 2.22. The van der Waals surface area contributed by atoms with Crippen LogP contribution < -0.4 is 0 Å². The Kier molecular flexibility index (Phi) is 5.53. The summed E-state index contributed by atoms with van der Waals surface area (Å²) in [6, 6.07) is 19.5. The highest BCUT2D eigenvalue weighted by Crippen LogP contribution is 2.31. The van der Waals surface area contributed by atoms with Gasteiger partial charge in [0.25, 0.3) is 5.91 Å². The van der Waals surface area contributed by atoms with Gasteiger partial charge in [0.05, 0.1) is 22.7 Å². The van der Waals surface area contributed by atoms with Gasteiger partial charge in [-0.25, -0.2) is 9.37 Å². The lowest BCUT2D eigenvalue weighted by Crippen LogP contribution is -2.30. The number of hydrogen-bond donors (Lipinski definition) is 0. The van der Waals surface area contributed by atoms with E-state index in [1.54, 1.807) is 29.4 Å². The molecule has 0 spiro atoms. The molecule has 0 saturated heterocycles. The minimum absolute atomic E-state index is 0.186. The van der Waals surface area contributed by atoms with Gasteiger partial charge >= 0.3 is 0 Å². The highest BCUT2D eigenvalue weighted by molar-refractivity contribution is 7.15. The van der Waals surface area contributed by atoms with Gasteiger partial charge in [-0.1, -0.05) is 42.5 Å². The van der Waals surface area contributed by atoms with Crippen LogP contribution in [0, 0.1) is 12.7 Å². The first-order valence-corrected chi connectivity index (χ1v) is 10.0. The molecule has 2 aromatic carbocycles. The summed E-state index contributed by atoms with van der Waals surface area (Å²) in [4.78, 5) is 20.6. The normalized spacial score (nSPS) is 10.8. The zero-order valence-corrected chi connectivity index (χ0v) is 16.7. The predicted molar refractivity (Wildman–Crippen MR) is 111 cm³/mol. The Morgan fingerprint density at radius 2 is 1.79 bits per heavy atom. The molecule has 0 aliphatic carbocycles. The summed E-state index contributed by atoms with van der Waals surface area (Å²) >= 11 is 1.50. The molecule has 0 atom stereocenters. The van der Waals surface area contributed by atoms with Crippen LogP contribution >= 0.6 is 11.3 Å². The van der Waals surface area contributed by atoms with Crippen LogP contribution in [0.5, 0.6) is 0 Å². The molecule has 4 aromatic rings. The van der Waals surface area contributed by atoms with Crippen molar-refractivity contribution in [1.29, 1.82) is 0 Å². The average Bonchev–Trinajstić information content (AvgIpc) is 3.39. The summed E-state index contributed by atoms with van der Waals surface area (Å²) in [7, 11) is 0. The predicted octanol–water partition coefficient (Wildman–Crippen LogP) is 5.69. The molecule has 29 heavy (non-hydrogen) atoms. The van der Waals surface area contributed by atoms with E-state index in [-0.39, 0.29) is 11.7 Å². The van der Waals surface area contributed by atoms with E-state index in [1.165, 1.54) is 23.5 Å². The number of halogens is 1.